The van der Waals surface area contributed by atoms with Crippen LogP contribution in [0.5, 0.6) is 6.01 Å². The monoisotopic (exact) mass is 483 g/mol. The van der Waals surface area contributed by atoms with Crippen LogP contribution in [0.1, 0.15) is 24.8 Å². The van der Waals surface area contributed by atoms with E-state index in [4.69, 9.17) is 9.72 Å². The normalized spacial score (nSPS) is 17.8. The standard InChI is InChI=1S/C27H26N5O2P/c1-16-15-21-25(30-27(29-21)34-23-4-2-3-22(23)33)26(35)24(16)19-7-5-17(6-8-19)18-9-11-20(12-10-18)32-14-13-28-31-32/h5-15,22-23,33H,2-4,35H2,1H3,(H,29,30)/t22?,23-/m1/s1. The molecule has 2 aromatic heterocycles. The van der Waals surface area contributed by atoms with Crippen LogP contribution in [-0.2, 0) is 0 Å². The average Bonchev–Trinajstić information content (AvgIpc) is 3.62. The molecule has 2 N–H and O–H groups in total. The number of aromatic amines is 1. The fourth-order valence-electron chi connectivity index (χ4n) is 4.90. The van der Waals surface area contributed by atoms with Crippen LogP contribution in [0.25, 0.3) is 39.0 Å². The predicted molar refractivity (Wildman–Crippen MR) is 140 cm³/mol. The number of imidazole rings is 1. The number of ether oxygens (including phenoxy) is 1. The second-order valence-electron chi connectivity index (χ2n) is 9.05. The summed E-state index contributed by atoms with van der Waals surface area (Å²) in [6.07, 6.45) is 5.50. The van der Waals surface area contributed by atoms with E-state index in [1.165, 1.54) is 0 Å². The molecule has 3 aromatic carbocycles. The number of H-pyrrole nitrogens is 1. The van der Waals surface area contributed by atoms with Gasteiger partial charge in [0.25, 0.3) is 6.01 Å². The number of benzene rings is 3. The Morgan fingerprint density at radius 2 is 1.74 bits per heavy atom. The molecule has 1 aliphatic carbocycles. The molecule has 5 aromatic rings. The minimum atomic E-state index is -0.423. The zero-order chi connectivity index (χ0) is 23.9. The summed E-state index contributed by atoms with van der Waals surface area (Å²) in [5.74, 6) is 0. The van der Waals surface area contributed by atoms with Gasteiger partial charge in [0.05, 0.1) is 35.2 Å². The number of aliphatic hydroxyl groups is 1. The van der Waals surface area contributed by atoms with Gasteiger partial charge >= 0.3 is 0 Å². The minimum absolute atomic E-state index is 0.193. The summed E-state index contributed by atoms with van der Waals surface area (Å²) >= 11 is 0. The Balaban J connectivity index is 1.28. The highest BCUT2D eigenvalue weighted by Crippen LogP contribution is 2.32. The summed E-state index contributed by atoms with van der Waals surface area (Å²) in [6.45, 7) is 2.11. The topological polar surface area (TPSA) is 88.9 Å². The molecular formula is C27H26N5O2P. The highest BCUT2D eigenvalue weighted by atomic mass is 31.0. The molecule has 176 valence electrons. The van der Waals surface area contributed by atoms with E-state index in [0.717, 1.165) is 69.1 Å². The van der Waals surface area contributed by atoms with E-state index >= 15 is 0 Å². The number of rotatable bonds is 5. The Kier molecular flexibility index (Phi) is 5.59. The first-order valence-electron chi connectivity index (χ1n) is 11.8. The van der Waals surface area contributed by atoms with E-state index in [1.807, 2.05) is 18.3 Å². The zero-order valence-electron chi connectivity index (χ0n) is 19.3. The van der Waals surface area contributed by atoms with Crippen LogP contribution in [0.3, 0.4) is 0 Å². The van der Waals surface area contributed by atoms with Crippen molar-refractivity contribution in [1.82, 2.24) is 25.0 Å². The van der Waals surface area contributed by atoms with Crippen LogP contribution in [0.4, 0.5) is 0 Å². The van der Waals surface area contributed by atoms with E-state index in [2.05, 4.69) is 73.9 Å². The Morgan fingerprint density at radius 3 is 2.40 bits per heavy atom. The number of nitrogens with zero attached hydrogens (tertiary/aromatic N) is 4. The molecule has 0 bridgehead atoms. The summed E-state index contributed by atoms with van der Waals surface area (Å²) in [4.78, 5) is 7.99. The second kappa shape index (κ2) is 8.91. The largest absolute Gasteiger partial charge is 0.459 e. The van der Waals surface area contributed by atoms with Crippen LogP contribution < -0.4 is 10.0 Å². The van der Waals surface area contributed by atoms with E-state index in [0.29, 0.717) is 6.01 Å². The summed E-state index contributed by atoms with van der Waals surface area (Å²) < 4.78 is 7.72. The molecule has 2 heterocycles. The highest BCUT2D eigenvalue weighted by molar-refractivity contribution is 7.29. The number of fused-ring (bicyclic) bond motifs is 1. The number of aliphatic hydroxyl groups excluding tert-OH is 1. The van der Waals surface area contributed by atoms with Crippen molar-refractivity contribution in [2.45, 2.75) is 38.4 Å². The predicted octanol–water partition coefficient (Wildman–Crippen LogP) is 4.58. The molecule has 2 unspecified atom stereocenters. The summed E-state index contributed by atoms with van der Waals surface area (Å²) in [6, 6.07) is 19.5. The molecule has 7 nitrogen and oxygen atoms in total. The third-order valence-corrected chi connectivity index (χ3v) is 7.29. The van der Waals surface area contributed by atoms with Gasteiger partial charge in [0.2, 0.25) is 0 Å². The van der Waals surface area contributed by atoms with Crippen molar-refractivity contribution in [2.24, 2.45) is 0 Å². The molecule has 6 rings (SSSR count). The maximum atomic E-state index is 10.1. The molecular weight excluding hydrogens is 457 g/mol. The van der Waals surface area contributed by atoms with Gasteiger partial charge in [-0.2, -0.15) is 4.98 Å². The summed E-state index contributed by atoms with van der Waals surface area (Å²) in [7, 11) is 2.86. The van der Waals surface area contributed by atoms with Crippen molar-refractivity contribution in [3.05, 3.63) is 72.6 Å². The molecule has 0 aliphatic heterocycles. The Hall–Kier alpha value is -3.54. The van der Waals surface area contributed by atoms with Crippen molar-refractivity contribution < 1.29 is 9.84 Å². The van der Waals surface area contributed by atoms with Crippen LogP contribution in [0.2, 0.25) is 0 Å². The van der Waals surface area contributed by atoms with Gasteiger partial charge in [-0.25, -0.2) is 4.68 Å². The van der Waals surface area contributed by atoms with Crippen LogP contribution in [-0.4, -0.2) is 42.3 Å². The minimum Gasteiger partial charge on any atom is -0.459 e. The fourth-order valence-corrected chi connectivity index (χ4v) is 5.52. The van der Waals surface area contributed by atoms with Crippen molar-refractivity contribution in [1.29, 1.82) is 0 Å². The number of nitrogens with one attached hydrogen (secondary N) is 1. The van der Waals surface area contributed by atoms with Gasteiger partial charge in [-0.05, 0) is 72.2 Å². The molecule has 0 radical (unpaired) electrons. The van der Waals surface area contributed by atoms with Crippen molar-refractivity contribution >= 4 is 25.6 Å². The Labute approximate surface area is 205 Å². The van der Waals surface area contributed by atoms with Crippen molar-refractivity contribution in [3.63, 3.8) is 0 Å². The Bertz CT molecular complexity index is 1480. The number of hydrogen-bond acceptors (Lipinski definition) is 5. The number of hydrogen-bond donors (Lipinski definition) is 2. The average molecular weight is 484 g/mol. The summed E-state index contributed by atoms with van der Waals surface area (Å²) in [5.41, 5.74) is 8.50. The lowest BCUT2D eigenvalue weighted by molar-refractivity contribution is 0.0550. The summed E-state index contributed by atoms with van der Waals surface area (Å²) in [5, 5.41) is 19.0. The lowest BCUT2D eigenvalue weighted by Gasteiger charge is -2.14. The lowest BCUT2D eigenvalue weighted by atomic mass is 9.96. The molecule has 0 saturated heterocycles. The molecule has 0 spiro atoms. The third-order valence-electron chi connectivity index (χ3n) is 6.73. The van der Waals surface area contributed by atoms with Crippen molar-refractivity contribution in [2.75, 3.05) is 0 Å². The van der Waals surface area contributed by atoms with Crippen molar-refractivity contribution in [3.8, 4) is 34.0 Å². The van der Waals surface area contributed by atoms with E-state index < -0.39 is 6.10 Å². The quantitative estimate of drug-likeness (QED) is 0.357. The van der Waals surface area contributed by atoms with Gasteiger partial charge in [-0.1, -0.05) is 41.6 Å². The molecule has 3 atom stereocenters. The SMILES string of the molecule is Cc1cc2[nH]c(O[C@@H]3CCCC3O)nc2c(P)c1-c1ccc(-c2ccc(-n3ccnn3)cc2)cc1. The molecule has 1 fully saturated rings. The Morgan fingerprint density at radius 1 is 1.03 bits per heavy atom. The lowest BCUT2D eigenvalue weighted by Crippen LogP contribution is -2.26. The fraction of sp³-hybridized carbons (Fsp3) is 0.222. The maximum absolute atomic E-state index is 10.1. The van der Waals surface area contributed by atoms with Crippen LogP contribution in [0, 0.1) is 6.92 Å². The van der Waals surface area contributed by atoms with Gasteiger partial charge in [-0.15, -0.1) is 14.3 Å². The van der Waals surface area contributed by atoms with E-state index in [9.17, 15) is 5.11 Å². The molecule has 1 aliphatic rings. The number of aryl methyl sites for hydroxylation is 1. The highest BCUT2D eigenvalue weighted by Gasteiger charge is 2.28. The number of aromatic nitrogens is 5. The van der Waals surface area contributed by atoms with Gasteiger partial charge in [0, 0.05) is 5.30 Å². The molecule has 8 heteroatoms. The van der Waals surface area contributed by atoms with E-state index in [1.54, 1.807) is 10.9 Å². The zero-order valence-corrected chi connectivity index (χ0v) is 20.5. The molecule has 0 amide bonds. The molecule has 1 saturated carbocycles. The second-order valence-corrected chi connectivity index (χ2v) is 9.62. The van der Waals surface area contributed by atoms with Crippen LogP contribution >= 0.6 is 9.24 Å². The smallest absolute Gasteiger partial charge is 0.295 e. The first kappa shape index (κ1) is 22.0. The van der Waals surface area contributed by atoms with Gasteiger partial charge in [-0.3, -0.25) is 0 Å². The maximum Gasteiger partial charge on any atom is 0.295 e. The van der Waals surface area contributed by atoms with Gasteiger partial charge < -0.3 is 14.8 Å². The van der Waals surface area contributed by atoms with Gasteiger partial charge in [0.15, 0.2) is 0 Å². The molecule has 35 heavy (non-hydrogen) atoms. The third kappa shape index (κ3) is 4.11. The van der Waals surface area contributed by atoms with Gasteiger partial charge in [0.1, 0.15) is 6.10 Å². The van der Waals surface area contributed by atoms with Crippen LogP contribution in [0.15, 0.2) is 67.0 Å². The first-order chi connectivity index (χ1) is 17.1. The van der Waals surface area contributed by atoms with E-state index in [-0.39, 0.29) is 6.10 Å². The first-order valence-corrected chi connectivity index (χ1v) is 12.4.